The van der Waals surface area contributed by atoms with Crippen LogP contribution in [-0.4, -0.2) is 41.9 Å². The van der Waals surface area contributed by atoms with Gasteiger partial charge < -0.3 is 10.2 Å². The zero-order valence-electron chi connectivity index (χ0n) is 12.3. The van der Waals surface area contributed by atoms with E-state index in [-0.39, 0.29) is 5.91 Å². The molecule has 2 rings (SSSR count). The number of benzene rings is 1. The van der Waals surface area contributed by atoms with Gasteiger partial charge in [-0.3, -0.25) is 4.79 Å². The Morgan fingerprint density at radius 3 is 2.48 bits per heavy atom. The van der Waals surface area contributed by atoms with Crippen molar-refractivity contribution in [1.82, 2.24) is 4.90 Å². The summed E-state index contributed by atoms with van der Waals surface area (Å²) in [5.74, 6) is 1.68. The second kappa shape index (κ2) is 9.69. The summed E-state index contributed by atoms with van der Waals surface area (Å²) in [7, 11) is 0. The van der Waals surface area contributed by atoms with Crippen molar-refractivity contribution < 1.29 is 4.79 Å². The summed E-state index contributed by atoms with van der Waals surface area (Å²) >= 11 is 3.99. The number of carbonyl (C=O) groups excluding carboxylic acids is 1. The number of hydrogen-bond donors (Lipinski definition) is 1. The molecule has 1 aromatic rings. The molecular weight excluding hydrogens is 395 g/mol. The minimum Gasteiger partial charge on any atom is -0.325 e. The van der Waals surface area contributed by atoms with Crippen LogP contribution in [0.2, 0.25) is 0 Å². The molecule has 0 unspecified atom stereocenters. The van der Waals surface area contributed by atoms with Gasteiger partial charge in [-0.1, -0.05) is 12.8 Å². The molecule has 1 fully saturated rings. The Morgan fingerprint density at radius 2 is 1.81 bits per heavy atom. The molecule has 1 aliphatic rings. The van der Waals surface area contributed by atoms with Crippen LogP contribution < -0.4 is 5.32 Å². The minimum atomic E-state index is 0.0945. The molecule has 1 amide bonds. The predicted octanol–water partition coefficient (Wildman–Crippen LogP) is 3.84. The first-order valence-corrected chi connectivity index (χ1v) is 9.83. The number of nitrogens with one attached hydrogen (secondary N) is 1. The third-order valence-electron chi connectivity index (χ3n) is 3.61. The van der Waals surface area contributed by atoms with Crippen LogP contribution in [0.5, 0.6) is 0 Å². The lowest BCUT2D eigenvalue weighted by molar-refractivity contribution is -0.113. The Bertz CT molecular complexity index is 430. The van der Waals surface area contributed by atoms with Crippen molar-refractivity contribution in [2.45, 2.75) is 25.7 Å². The Balaban J connectivity index is 1.59. The molecular formula is C16H23IN2OS. The molecule has 3 nitrogen and oxygen atoms in total. The summed E-state index contributed by atoms with van der Waals surface area (Å²) in [6, 6.07) is 7.90. The molecule has 0 aliphatic carbocycles. The first-order chi connectivity index (χ1) is 10.2. The molecule has 1 aliphatic heterocycles. The highest BCUT2D eigenvalue weighted by molar-refractivity contribution is 14.1. The number of nitrogens with zero attached hydrogens (tertiary/aromatic N) is 1. The average Bonchev–Trinajstić information content (AvgIpc) is 2.75. The van der Waals surface area contributed by atoms with Gasteiger partial charge in [-0.05, 0) is 72.8 Å². The van der Waals surface area contributed by atoms with Gasteiger partial charge >= 0.3 is 0 Å². The summed E-state index contributed by atoms with van der Waals surface area (Å²) in [6.45, 7) is 3.58. The van der Waals surface area contributed by atoms with E-state index in [2.05, 4.69) is 32.8 Å². The number of thioether (sulfide) groups is 1. The van der Waals surface area contributed by atoms with Gasteiger partial charge in [0.15, 0.2) is 0 Å². The van der Waals surface area contributed by atoms with E-state index in [1.165, 1.54) is 42.3 Å². The van der Waals surface area contributed by atoms with Crippen LogP contribution in [-0.2, 0) is 4.79 Å². The van der Waals surface area contributed by atoms with Gasteiger partial charge in [-0.2, -0.15) is 11.8 Å². The summed E-state index contributed by atoms with van der Waals surface area (Å²) < 4.78 is 1.18. The molecule has 21 heavy (non-hydrogen) atoms. The first-order valence-electron chi connectivity index (χ1n) is 7.59. The molecule has 0 bridgehead atoms. The van der Waals surface area contributed by atoms with E-state index in [1.54, 1.807) is 11.8 Å². The lowest BCUT2D eigenvalue weighted by Gasteiger charge is -2.19. The molecule has 1 N–H and O–H groups in total. The van der Waals surface area contributed by atoms with Gasteiger partial charge in [-0.25, -0.2) is 0 Å². The molecule has 0 aromatic heterocycles. The van der Waals surface area contributed by atoms with Crippen LogP contribution in [0, 0.1) is 3.57 Å². The Morgan fingerprint density at radius 1 is 1.14 bits per heavy atom. The molecule has 1 heterocycles. The maximum absolute atomic E-state index is 11.9. The van der Waals surface area contributed by atoms with Crippen LogP contribution in [0.3, 0.4) is 0 Å². The number of likely N-dealkylation sites (tertiary alicyclic amines) is 1. The summed E-state index contributed by atoms with van der Waals surface area (Å²) in [5, 5.41) is 2.94. The van der Waals surface area contributed by atoms with Gasteiger partial charge in [0, 0.05) is 21.6 Å². The summed E-state index contributed by atoms with van der Waals surface area (Å²) in [4.78, 5) is 14.4. The Hall–Kier alpha value is -0.270. The molecule has 0 atom stereocenters. The van der Waals surface area contributed by atoms with Crippen molar-refractivity contribution in [3.05, 3.63) is 27.8 Å². The van der Waals surface area contributed by atoms with Crippen LogP contribution in [0.1, 0.15) is 25.7 Å². The van der Waals surface area contributed by atoms with Gasteiger partial charge in [0.2, 0.25) is 5.91 Å². The molecule has 1 saturated heterocycles. The van der Waals surface area contributed by atoms with E-state index in [1.807, 2.05) is 24.3 Å². The summed E-state index contributed by atoms with van der Waals surface area (Å²) in [6.07, 6.45) is 5.42. The molecule has 0 radical (unpaired) electrons. The van der Waals surface area contributed by atoms with E-state index in [9.17, 15) is 4.79 Å². The average molecular weight is 418 g/mol. The Labute approximate surface area is 145 Å². The number of anilines is 1. The van der Waals surface area contributed by atoms with Crippen LogP contribution in [0.25, 0.3) is 0 Å². The Kier molecular flexibility index (Phi) is 7.88. The van der Waals surface area contributed by atoms with Crippen molar-refractivity contribution >= 4 is 45.9 Å². The van der Waals surface area contributed by atoms with E-state index < -0.39 is 0 Å². The molecule has 0 spiro atoms. The summed E-state index contributed by atoms with van der Waals surface area (Å²) in [5.41, 5.74) is 0.883. The fraction of sp³-hybridized carbons (Fsp3) is 0.562. The van der Waals surface area contributed by atoms with Crippen molar-refractivity contribution in [1.29, 1.82) is 0 Å². The highest BCUT2D eigenvalue weighted by Gasteiger charge is 2.09. The SMILES string of the molecule is O=C(CSCCN1CCCCCC1)Nc1ccc(I)cc1. The van der Waals surface area contributed by atoms with Gasteiger partial charge in [0.1, 0.15) is 0 Å². The molecule has 116 valence electrons. The number of amides is 1. The largest absolute Gasteiger partial charge is 0.325 e. The minimum absolute atomic E-state index is 0.0945. The molecule has 0 saturated carbocycles. The molecule has 1 aromatic carbocycles. The zero-order chi connectivity index (χ0) is 14.9. The number of carbonyl (C=O) groups is 1. The number of rotatable bonds is 6. The van der Waals surface area contributed by atoms with Crippen LogP contribution in [0.4, 0.5) is 5.69 Å². The van der Waals surface area contributed by atoms with E-state index in [0.29, 0.717) is 5.75 Å². The van der Waals surface area contributed by atoms with Crippen molar-refractivity contribution in [3.63, 3.8) is 0 Å². The molecule has 5 heteroatoms. The fourth-order valence-electron chi connectivity index (χ4n) is 2.45. The van der Waals surface area contributed by atoms with E-state index >= 15 is 0 Å². The highest BCUT2D eigenvalue weighted by atomic mass is 127. The number of hydrogen-bond acceptors (Lipinski definition) is 3. The smallest absolute Gasteiger partial charge is 0.234 e. The quantitative estimate of drug-likeness (QED) is 0.563. The zero-order valence-corrected chi connectivity index (χ0v) is 15.3. The van der Waals surface area contributed by atoms with Crippen LogP contribution >= 0.6 is 34.4 Å². The van der Waals surface area contributed by atoms with Gasteiger partial charge in [0.05, 0.1) is 5.75 Å². The van der Waals surface area contributed by atoms with E-state index in [0.717, 1.165) is 18.0 Å². The lowest BCUT2D eigenvalue weighted by Crippen LogP contribution is -2.27. The standard InChI is InChI=1S/C16H23IN2OS/c17-14-5-7-15(8-6-14)18-16(20)13-21-12-11-19-9-3-1-2-4-10-19/h5-8H,1-4,9-13H2,(H,18,20). The van der Waals surface area contributed by atoms with Crippen LogP contribution in [0.15, 0.2) is 24.3 Å². The topological polar surface area (TPSA) is 32.3 Å². The third-order valence-corrected chi connectivity index (χ3v) is 5.27. The maximum atomic E-state index is 11.9. The van der Waals surface area contributed by atoms with E-state index in [4.69, 9.17) is 0 Å². The van der Waals surface area contributed by atoms with Crippen molar-refractivity contribution in [2.75, 3.05) is 36.5 Å². The fourth-order valence-corrected chi connectivity index (χ4v) is 3.60. The van der Waals surface area contributed by atoms with Crippen molar-refractivity contribution in [2.24, 2.45) is 0 Å². The number of halogens is 1. The maximum Gasteiger partial charge on any atom is 0.234 e. The van der Waals surface area contributed by atoms with Gasteiger partial charge in [0.25, 0.3) is 0 Å². The van der Waals surface area contributed by atoms with Gasteiger partial charge in [-0.15, -0.1) is 0 Å². The van der Waals surface area contributed by atoms with Crippen molar-refractivity contribution in [3.8, 4) is 0 Å². The monoisotopic (exact) mass is 418 g/mol. The lowest BCUT2D eigenvalue weighted by atomic mass is 10.2. The normalized spacial score (nSPS) is 16.4. The first kappa shape index (κ1) is 17.1. The third kappa shape index (κ3) is 7.02. The predicted molar refractivity (Wildman–Crippen MR) is 100 cm³/mol. The second-order valence-electron chi connectivity index (χ2n) is 5.36. The highest BCUT2D eigenvalue weighted by Crippen LogP contribution is 2.13. The second-order valence-corrected chi connectivity index (χ2v) is 7.71.